The van der Waals surface area contributed by atoms with Gasteiger partial charge in [-0.25, -0.2) is 9.78 Å². The molecule has 0 aliphatic carbocycles. The fourth-order valence-electron chi connectivity index (χ4n) is 3.69. The van der Waals surface area contributed by atoms with E-state index >= 15 is 0 Å². The van der Waals surface area contributed by atoms with E-state index in [-0.39, 0.29) is 42.2 Å². The second-order valence-corrected chi connectivity index (χ2v) is 9.99. The van der Waals surface area contributed by atoms with Gasteiger partial charge in [-0.3, -0.25) is 9.59 Å². The zero-order valence-corrected chi connectivity index (χ0v) is 23.9. The summed E-state index contributed by atoms with van der Waals surface area (Å²) in [4.78, 5) is 41.7. The smallest absolute Gasteiger partial charge is 0.331 e. The van der Waals surface area contributed by atoms with Crippen LogP contribution in [0.25, 0.3) is 0 Å². The van der Waals surface area contributed by atoms with Gasteiger partial charge in [-0.2, -0.15) is 0 Å². The molecular formula is C27H42N2O10. The van der Waals surface area contributed by atoms with Gasteiger partial charge >= 0.3 is 11.9 Å². The van der Waals surface area contributed by atoms with Crippen molar-refractivity contribution in [1.82, 2.24) is 10.3 Å². The molecule has 0 unspecified atom stereocenters. The first-order chi connectivity index (χ1) is 18.6. The average molecular weight is 555 g/mol. The van der Waals surface area contributed by atoms with E-state index in [0.29, 0.717) is 19.6 Å². The highest BCUT2D eigenvalue weighted by Gasteiger charge is 2.38. The highest BCUT2D eigenvalue weighted by molar-refractivity contribution is 5.98. The minimum atomic E-state index is -1.14. The van der Waals surface area contributed by atoms with Crippen LogP contribution in [-0.4, -0.2) is 87.5 Å². The molecule has 0 aromatic carbocycles. The third kappa shape index (κ3) is 10.3. The van der Waals surface area contributed by atoms with Crippen LogP contribution in [-0.2, 0) is 33.3 Å². The van der Waals surface area contributed by atoms with Crippen molar-refractivity contribution in [1.29, 1.82) is 0 Å². The summed E-state index contributed by atoms with van der Waals surface area (Å²) >= 11 is 0. The highest BCUT2D eigenvalue weighted by Crippen LogP contribution is 2.30. The molecule has 0 saturated carbocycles. The molecule has 12 heteroatoms. The fraction of sp³-hybridized carbons (Fsp3) is 0.704. The molecule has 4 atom stereocenters. The number of nitrogens with zero attached hydrogens (tertiary/aromatic N) is 1. The second kappa shape index (κ2) is 16.2. The molecule has 1 fully saturated rings. The maximum absolute atomic E-state index is 13.2. The number of amides is 1. The Morgan fingerprint density at radius 1 is 1.13 bits per heavy atom. The van der Waals surface area contributed by atoms with Crippen molar-refractivity contribution in [2.75, 3.05) is 40.3 Å². The Morgan fingerprint density at radius 2 is 1.82 bits per heavy atom. The maximum atomic E-state index is 13.2. The Hall–Kier alpha value is -2.96. The first-order valence-electron chi connectivity index (χ1n) is 13.2. The number of ether oxygens (including phenoxy) is 7. The number of carbonyl (C=O) groups is 3. The summed E-state index contributed by atoms with van der Waals surface area (Å²) in [7, 11) is 1.39. The molecule has 1 aromatic rings. The topological polar surface area (TPSA) is 141 Å². The zero-order chi connectivity index (χ0) is 28.9. The Bertz CT molecular complexity index is 939. The lowest BCUT2D eigenvalue weighted by atomic mass is 10.0. The SMILES string of the molecule is CC[C@H]1OC(=O)[C@@H](NC(=O)c2nccc(OC)c2OCOC(C)=O)COC[C@H](OCC(C)C)[C@H]1OCC(C)C. The van der Waals surface area contributed by atoms with E-state index in [1.807, 2.05) is 34.6 Å². The predicted molar refractivity (Wildman–Crippen MR) is 139 cm³/mol. The van der Waals surface area contributed by atoms with E-state index in [1.165, 1.54) is 26.3 Å². The highest BCUT2D eigenvalue weighted by atomic mass is 16.7. The number of cyclic esters (lactones) is 1. The molecule has 2 heterocycles. The predicted octanol–water partition coefficient (Wildman–Crippen LogP) is 2.52. The molecule has 1 N–H and O–H groups in total. The molecule has 1 aromatic heterocycles. The van der Waals surface area contributed by atoms with Crippen LogP contribution in [0.1, 0.15) is 58.5 Å². The number of methoxy groups -OCH3 is 1. The van der Waals surface area contributed by atoms with Crippen LogP contribution < -0.4 is 14.8 Å². The number of pyridine rings is 1. The van der Waals surface area contributed by atoms with Crippen molar-refractivity contribution in [3.05, 3.63) is 18.0 Å². The molecule has 220 valence electrons. The van der Waals surface area contributed by atoms with Gasteiger partial charge in [0.2, 0.25) is 6.79 Å². The zero-order valence-electron chi connectivity index (χ0n) is 23.9. The van der Waals surface area contributed by atoms with Crippen LogP contribution >= 0.6 is 0 Å². The van der Waals surface area contributed by atoms with Gasteiger partial charge in [0.05, 0.1) is 20.3 Å². The summed E-state index contributed by atoms with van der Waals surface area (Å²) in [6.45, 7) is 11.7. The lowest BCUT2D eigenvalue weighted by molar-refractivity contribution is -0.173. The third-order valence-corrected chi connectivity index (χ3v) is 5.59. The van der Waals surface area contributed by atoms with Crippen molar-refractivity contribution in [2.24, 2.45) is 11.8 Å². The van der Waals surface area contributed by atoms with E-state index in [4.69, 9.17) is 33.2 Å². The Labute approximate surface area is 230 Å². The van der Waals surface area contributed by atoms with E-state index in [0.717, 1.165) is 0 Å². The molecule has 1 aliphatic heterocycles. The third-order valence-electron chi connectivity index (χ3n) is 5.59. The molecule has 39 heavy (non-hydrogen) atoms. The monoisotopic (exact) mass is 554 g/mol. The van der Waals surface area contributed by atoms with Gasteiger partial charge in [0.15, 0.2) is 23.2 Å². The van der Waals surface area contributed by atoms with Crippen LogP contribution in [0, 0.1) is 11.8 Å². The molecule has 1 aliphatic rings. The van der Waals surface area contributed by atoms with E-state index in [1.54, 1.807) is 0 Å². The second-order valence-electron chi connectivity index (χ2n) is 9.99. The first kappa shape index (κ1) is 32.3. The number of hydrogen-bond acceptors (Lipinski definition) is 11. The molecule has 2 rings (SSSR count). The lowest BCUT2D eigenvalue weighted by Crippen LogP contribution is -2.48. The van der Waals surface area contributed by atoms with E-state index in [2.05, 4.69) is 10.3 Å². The molecule has 12 nitrogen and oxygen atoms in total. The lowest BCUT2D eigenvalue weighted by Gasteiger charge is -2.33. The number of esters is 2. The first-order valence-corrected chi connectivity index (χ1v) is 13.2. The van der Waals surface area contributed by atoms with E-state index < -0.39 is 49.0 Å². The molecule has 0 spiro atoms. The van der Waals surface area contributed by atoms with Crippen molar-refractivity contribution < 1.29 is 47.5 Å². The van der Waals surface area contributed by atoms with E-state index in [9.17, 15) is 14.4 Å². The van der Waals surface area contributed by atoms with Crippen molar-refractivity contribution in [3.63, 3.8) is 0 Å². The summed E-state index contributed by atoms with van der Waals surface area (Å²) in [5.74, 6) is -1.29. The van der Waals surface area contributed by atoms with Gasteiger partial charge in [-0.05, 0) is 18.3 Å². The quantitative estimate of drug-likeness (QED) is 0.284. The van der Waals surface area contributed by atoms with Crippen LogP contribution in [0.5, 0.6) is 11.5 Å². The average Bonchev–Trinajstić information content (AvgIpc) is 2.94. The Morgan fingerprint density at radius 3 is 2.44 bits per heavy atom. The minimum absolute atomic E-state index is 0.0492. The van der Waals surface area contributed by atoms with Crippen LogP contribution in [0.3, 0.4) is 0 Å². The normalized spacial score (nSPS) is 21.9. The van der Waals surface area contributed by atoms with Gasteiger partial charge in [0.25, 0.3) is 5.91 Å². The molecular weight excluding hydrogens is 512 g/mol. The molecule has 0 bridgehead atoms. The number of aromatic nitrogens is 1. The Balaban J connectivity index is 2.26. The van der Waals surface area contributed by atoms with Crippen LogP contribution in [0.2, 0.25) is 0 Å². The van der Waals surface area contributed by atoms with Crippen LogP contribution in [0.15, 0.2) is 12.3 Å². The van der Waals surface area contributed by atoms with Gasteiger partial charge in [-0.1, -0.05) is 34.6 Å². The summed E-state index contributed by atoms with van der Waals surface area (Å²) in [6, 6.07) is 0.341. The van der Waals surface area contributed by atoms with Crippen LogP contribution in [0.4, 0.5) is 0 Å². The standard InChI is InChI=1S/C27H42N2O10/c1-8-20-24(36-12-17(4)5)22(35-11-16(2)3)14-34-13-19(27(32)39-20)29-26(31)23-25(38-15-37-18(6)30)21(33-7)9-10-28-23/h9-10,16-17,19-20,22,24H,8,11-15H2,1-7H3,(H,29,31)/t19-,20+,22-,24-/m0/s1. The molecule has 1 saturated heterocycles. The summed E-state index contributed by atoms with van der Waals surface area (Å²) in [5.41, 5.74) is -0.169. The van der Waals surface area contributed by atoms with Crippen molar-refractivity contribution in [2.45, 2.75) is 72.3 Å². The van der Waals surface area contributed by atoms with Gasteiger partial charge < -0.3 is 38.5 Å². The maximum Gasteiger partial charge on any atom is 0.331 e. The molecule has 1 amide bonds. The number of nitrogens with one attached hydrogen (secondary N) is 1. The van der Waals surface area contributed by atoms with Gasteiger partial charge in [0, 0.05) is 32.4 Å². The number of carbonyl (C=O) groups excluding carboxylic acids is 3. The van der Waals surface area contributed by atoms with Gasteiger partial charge in [-0.15, -0.1) is 0 Å². The fourth-order valence-corrected chi connectivity index (χ4v) is 3.69. The number of rotatable bonds is 13. The number of hydrogen-bond donors (Lipinski definition) is 1. The summed E-state index contributed by atoms with van der Waals surface area (Å²) < 4.78 is 39.5. The summed E-state index contributed by atoms with van der Waals surface area (Å²) in [5, 5.41) is 2.62. The minimum Gasteiger partial charge on any atom is -0.493 e. The molecule has 0 radical (unpaired) electrons. The summed E-state index contributed by atoms with van der Waals surface area (Å²) in [6.07, 6.45) is 0.190. The largest absolute Gasteiger partial charge is 0.493 e. The Kier molecular flexibility index (Phi) is 13.4. The van der Waals surface area contributed by atoms with Crippen molar-refractivity contribution in [3.8, 4) is 11.5 Å². The van der Waals surface area contributed by atoms with Gasteiger partial charge in [0.1, 0.15) is 18.3 Å². The van der Waals surface area contributed by atoms with Crippen molar-refractivity contribution >= 4 is 17.8 Å².